The van der Waals surface area contributed by atoms with Crippen molar-refractivity contribution < 1.29 is 23.1 Å². The zero-order valence-electron chi connectivity index (χ0n) is 14.2. The minimum atomic E-state index is -1.24. The van der Waals surface area contributed by atoms with E-state index in [1.54, 1.807) is 20.8 Å². The Morgan fingerprint density at radius 1 is 1.30 bits per heavy atom. The van der Waals surface area contributed by atoms with Gasteiger partial charge in [0.25, 0.3) is 0 Å². The van der Waals surface area contributed by atoms with Gasteiger partial charge in [-0.1, -0.05) is 0 Å². The number of nitrogens with zero attached hydrogens (tertiary/aromatic N) is 1. The third kappa shape index (κ3) is 2.94. The highest BCUT2D eigenvalue weighted by Crippen LogP contribution is 2.45. The maximum Gasteiger partial charge on any atom is 0.326 e. The number of amides is 1. The molecule has 0 aliphatic carbocycles. The largest absolute Gasteiger partial charge is 0.459 e. The summed E-state index contributed by atoms with van der Waals surface area (Å²) in [6, 6.07) is 1.03. The predicted molar refractivity (Wildman–Crippen MR) is 82.3 cm³/mol. The highest BCUT2D eigenvalue weighted by atomic mass is 19.1. The number of esters is 1. The number of ether oxygens (including phenoxy) is 1. The van der Waals surface area contributed by atoms with Crippen molar-refractivity contribution in [2.75, 3.05) is 11.4 Å². The number of carbonyl (C=O) groups is 2. The molecule has 23 heavy (non-hydrogen) atoms. The first-order chi connectivity index (χ1) is 10.4. The Balaban J connectivity index is 2.48. The smallest absolute Gasteiger partial charge is 0.326 e. The second-order valence-electron chi connectivity index (χ2n) is 7.32. The fraction of sp³-hybridized carbons (Fsp3) is 0.529. The van der Waals surface area contributed by atoms with E-state index in [1.165, 1.54) is 20.8 Å². The maximum absolute atomic E-state index is 14.5. The van der Waals surface area contributed by atoms with Crippen LogP contribution in [0.4, 0.5) is 14.5 Å². The number of hydrogen-bond acceptors (Lipinski definition) is 3. The summed E-state index contributed by atoms with van der Waals surface area (Å²) in [6.45, 7) is 9.10. The molecule has 2 rings (SSSR count). The Hall–Kier alpha value is -1.98. The van der Waals surface area contributed by atoms with Gasteiger partial charge in [-0.2, -0.15) is 0 Å². The van der Waals surface area contributed by atoms with Gasteiger partial charge in [-0.25, -0.2) is 8.78 Å². The molecule has 0 saturated heterocycles. The third-order valence-electron chi connectivity index (χ3n) is 3.75. The van der Waals surface area contributed by atoms with Crippen LogP contribution in [0.5, 0.6) is 0 Å². The summed E-state index contributed by atoms with van der Waals surface area (Å²) in [4.78, 5) is 25.6. The Bertz CT molecular complexity index is 690. The molecule has 1 heterocycles. The Morgan fingerprint density at radius 3 is 2.39 bits per heavy atom. The van der Waals surface area contributed by atoms with E-state index in [4.69, 9.17) is 4.74 Å². The normalized spacial score (nSPS) is 16.5. The third-order valence-corrected chi connectivity index (χ3v) is 3.75. The van der Waals surface area contributed by atoms with Crippen molar-refractivity contribution in [1.82, 2.24) is 0 Å². The monoisotopic (exact) mass is 325 g/mol. The minimum absolute atomic E-state index is 0.0106. The van der Waals surface area contributed by atoms with E-state index in [0.717, 1.165) is 11.0 Å². The first-order valence-electron chi connectivity index (χ1n) is 7.39. The molecule has 0 saturated carbocycles. The molecule has 1 amide bonds. The lowest BCUT2D eigenvalue weighted by atomic mass is 9.85. The molecule has 1 aliphatic rings. The average Bonchev–Trinajstić information content (AvgIpc) is 2.55. The lowest BCUT2D eigenvalue weighted by Crippen LogP contribution is -2.41. The van der Waals surface area contributed by atoms with Crippen molar-refractivity contribution in [2.45, 2.75) is 52.6 Å². The van der Waals surface area contributed by atoms with E-state index in [1.807, 2.05) is 0 Å². The van der Waals surface area contributed by atoms with Gasteiger partial charge in [-0.05, 0) is 53.2 Å². The van der Waals surface area contributed by atoms with E-state index < -0.39 is 41.1 Å². The number of anilines is 1. The van der Waals surface area contributed by atoms with Crippen molar-refractivity contribution in [1.29, 1.82) is 0 Å². The van der Waals surface area contributed by atoms with Crippen molar-refractivity contribution in [3.05, 3.63) is 28.8 Å². The van der Waals surface area contributed by atoms with Crippen molar-refractivity contribution in [3.63, 3.8) is 0 Å². The van der Waals surface area contributed by atoms with Crippen LogP contribution in [0.2, 0.25) is 0 Å². The molecule has 1 aromatic rings. The molecule has 6 heteroatoms. The van der Waals surface area contributed by atoms with E-state index in [-0.39, 0.29) is 16.8 Å². The number of halogens is 2. The SMILES string of the molecule is Cc1cc(F)c2c(c1F)C(C)(C)C(=O)N2CC(=O)OC(C)(C)C. The molecule has 0 bridgehead atoms. The molecule has 0 spiro atoms. The zero-order chi connectivity index (χ0) is 17.7. The van der Waals surface area contributed by atoms with Gasteiger partial charge in [0.1, 0.15) is 23.8 Å². The molecule has 0 unspecified atom stereocenters. The molecule has 1 aromatic carbocycles. The number of rotatable bonds is 2. The summed E-state index contributed by atoms with van der Waals surface area (Å²) in [5, 5.41) is 0. The van der Waals surface area contributed by atoms with Gasteiger partial charge in [-0.15, -0.1) is 0 Å². The van der Waals surface area contributed by atoms with E-state index in [0.29, 0.717) is 0 Å². The minimum Gasteiger partial charge on any atom is -0.459 e. The van der Waals surface area contributed by atoms with Gasteiger partial charge >= 0.3 is 5.97 Å². The Labute approximate surface area is 134 Å². The quantitative estimate of drug-likeness (QED) is 0.784. The first-order valence-corrected chi connectivity index (χ1v) is 7.39. The standard InChI is InChI=1S/C17H21F2NO3/c1-9-7-10(18)14-12(13(9)19)17(5,6)15(22)20(14)8-11(21)23-16(2,3)4/h7H,8H2,1-6H3. The highest BCUT2D eigenvalue weighted by molar-refractivity contribution is 6.10. The molecule has 1 aliphatic heterocycles. The van der Waals surface area contributed by atoms with Gasteiger partial charge in [0, 0.05) is 5.56 Å². The van der Waals surface area contributed by atoms with Crippen LogP contribution in [0.15, 0.2) is 6.07 Å². The van der Waals surface area contributed by atoms with E-state index in [2.05, 4.69) is 0 Å². The van der Waals surface area contributed by atoms with Crippen molar-refractivity contribution in [3.8, 4) is 0 Å². The summed E-state index contributed by atoms with van der Waals surface area (Å²) in [6.07, 6.45) is 0. The Morgan fingerprint density at radius 2 is 1.87 bits per heavy atom. The summed E-state index contributed by atoms with van der Waals surface area (Å²) in [7, 11) is 0. The second kappa shape index (κ2) is 5.28. The van der Waals surface area contributed by atoms with Crippen LogP contribution < -0.4 is 4.90 Å². The number of fused-ring (bicyclic) bond motifs is 1. The predicted octanol–water partition coefficient (Wildman–Crippen LogP) is 3.24. The van der Waals surface area contributed by atoms with Crippen LogP contribution in [0.1, 0.15) is 45.7 Å². The first kappa shape index (κ1) is 17.4. The van der Waals surface area contributed by atoms with E-state index >= 15 is 0 Å². The number of hydrogen-bond donors (Lipinski definition) is 0. The average molecular weight is 325 g/mol. The topological polar surface area (TPSA) is 46.6 Å². The van der Waals surface area contributed by atoms with Crippen molar-refractivity contribution in [2.24, 2.45) is 0 Å². The molecule has 126 valence electrons. The van der Waals surface area contributed by atoms with Crippen LogP contribution in [-0.2, 0) is 19.7 Å². The number of aryl methyl sites for hydroxylation is 1. The molecule has 4 nitrogen and oxygen atoms in total. The zero-order valence-corrected chi connectivity index (χ0v) is 14.2. The van der Waals surface area contributed by atoms with E-state index in [9.17, 15) is 18.4 Å². The maximum atomic E-state index is 14.5. The molecular formula is C17H21F2NO3. The number of carbonyl (C=O) groups excluding carboxylic acids is 2. The summed E-state index contributed by atoms with van der Waals surface area (Å²) >= 11 is 0. The van der Waals surface area contributed by atoms with Gasteiger partial charge in [-0.3, -0.25) is 14.5 Å². The van der Waals surface area contributed by atoms with Crippen LogP contribution in [0, 0.1) is 18.6 Å². The molecule has 0 aromatic heterocycles. The van der Waals surface area contributed by atoms with Crippen LogP contribution in [0.3, 0.4) is 0 Å². The fourth-order valence-electron chi connectivity index (χ4n) is 2.78. The van der Waals surface area contributed by atoms with Gasteiger partial charge in [0.05, 0.1) is 11.1 Å². The van der Waals surface area contributed by atoms with Gasteiger partial charge < -0.3 is 4.74 Å². The lowest BCUT2D eigenvalue weighted by molar-refractivity contribution is -0.153. The van der Waals surface area contributed by atoms with Gasteiger partial charge in [0.2, 0.25) is 5.91 Å². The summed E-state index contributed by atoms with van der Waals surface area (Å²) in [5.74, 6) is -2.54. The summed E-state index contributed by atoms with van der Waals surface area (Å²) < 4.78 is 34.0. The Kier molecular flexibility index (Phi) is 3.99. The van der Waals surface area contributed by atoms with Crippen molar-refractivity contribution >= 4 is 17.6 Å². The second-order valence-corrected chi connectivity index (χ2v) is 7.32. The van der Waals surface area contributed by atoms with Crippen LogP contribution >= 0.6 is 0 Å². The van der Waals surface area contributed by atoms with Crippen LogP contribution in [0.25, 0.3) is 0 Å². The van der Waals surface area contributed by atoms with Gasteiger partial charge in [0.15, 0.2) is 0 Å². The molecule has 0 fully saturated rings. The molecular weight excluding hydrogens is 304 g/mol. The molecule has 0 N–H and O–H groups in total. The fourth-order valence-corrected chi connectivity index (χ4v) is 2.78. The summed E-state index contributed by atoms with van der Waals surface area (Å²) in [5.41, 5.74) is -2.03. The molecule has 0 atom stereocenters. The lowest BCUT2D eigenvalue weighted by Gasteiger charge is -2.23. The van der Waals surface area contributed by atoms with Crippen LogP contribution in [-0.4, -0.2) is 24.0 Å². The number of benzene rings is 1. The molecule has 0 radical (unpaired) electrons. The highest BCUT2D eigenvalue weighted by Gasteiger charge is 2.48.